The lowest BCUT2D eigenvalue weighted by Crippen LogP contribution is -2.37. The normalized spacial score (nSPS) is 11.7. The summed E-state index contributed by atoms with van der Waals surface area (Å²) in [7, 11) is 0.765. The van der Waals surface area contributed by atoms with E-state index in [1.54, 1.807) is 20.2 Å². The average Bonchev–Trinajstić information content (AvgIpc) is 2.32. The van der Waals surface area contributed by atoms with E-state index in [0.29, 0.717) is 9.50 Å². The Balaban J connectivity index is 3.03. The number of amides is 1. The van der Waals surface area contributed by atoms with Gasteiger partial charge in [-0.2, -0.15) is 4.31 Å². The van der Waals surface area contributed by atoms with Crippen LogP contribution in [0.4, 0.5) is 0 Å². The van der Waals surface area contributed by atoms with Crippen molar-refractivity contribution in [2.24, 2.45) is 0 Å². The molecule has 0 unspecified atom stereocenters. The highest BCUT2D eigenvalue weighted by atomic mass is 79.9. The Bertz CT molecular complexity index is 590. The third kappa shape index (κ3) is 3.92. The fraction of sp³-hybridized carbons (Fsp3) is 0.364. The molecule has 0 saturated heterocycles. The smallest absolute Gasteiger partial charge is 0.243 e. The van der Waals surface area contributed by atoms with Crippen LogP contribution >= 0.6 is 27.5 Å². The first kappa shape index (κ1) is 16.4. The summed E-state index contributed by atoms with van der Waals surface area (Å²) in [5.74, 6) is -0.297. The molecule has 19 heavy (non-hydrogen) atoms. The molecule has 0 aliphatic rings. The van der Waals surface area contributed by atoms with Gasteiger partial charge >= 0.3 is 0 Å². The van der Waals surface area contributed by atoms with E-state index < -0.39 is 10.0 Å². The van der Waals surface area contributed by atoms with Gasteiger partial charge in [-0.3, -0.25) is 4.79 Å². The largest absolute Gasteiger partial charge is 0.348 e. The quantitative estimate of drug-likeness (QED) is 0.813. The molecule has 0 aliphatic carbocycles. The average molecular weight is 370 g/mol. The van der Waals surface area contributed by atoms with Crippen LogP contribution in [0.2, 0.25) is 5.02 Å². The molecule has 1 rings (SSSR count). The van der Waals surface area contributed by atoms with Crippen LogP contribution in [0.5, 0.6) is 0 Å². The summed E-state index contributed by atoms with van der Waals surface area (Å²) in [6.07, 6.45) is 0. The van der Waals surface area contributed by atoms with E-state index in [9.17, 15) is 13.2 Å². The van der Waals surface area contributed by atoms with Crippen LogP contribution in [0.3, 0.4) is 0 Å². The maximum absolute atomic E-state index is 12.2. The predicted molar refractivity (Wildman–Crippen MR) is 77.7 cm³/mol. The first-order chi connectivity index (χ1) is 8.66. The number of halogens is 2. The second-order valence-corrected chi connectivity index (χ2v) is 7.43. The molecule has 5 nitrogen and oxygen atoms in total. The Hall–Kier alpha value is -0.630. The molecule has 1 aromatic rings. The summed E-state index contributed by atoms with van der Waals surface area (Å²) in [5.41, 5.74) is 0. The number of carbonyl (C=O) groups is 1. The van der Waals surface area contributed by atoms with E-state index in [1.165, 1.54) is 24.1 Å². The number of hydrogen-bond acceptors (Lipinski definition) is 3. The fourth-order valence-electron chi connectivity index (χ4n) is 1.23. The van der Waals surface area contributed by atoms with Crippen molar-refractivity contribution in [1.29, 1.82) is 0 Å². The Morgan fingerprint density at radius 2 is 1.89 bits per heavy atom. The molecule has 0 bridgehead atoms. The van der Waals surface area contributed by atoms with Gasteiger partial charge in [0, 0.05) is 25.6 Å². The molecule has 0 spiro atoms. The van der Waals surface area contributed by atoms with Gasteiger partial charge in [-0.25, -0.2) is 8.42 Å². The zero-order chi connectivity index (χ0) is 14.8. The first-order valence-electron chi connectivity index (χ1n) is 5.28. The topological polar surface area (TPSA) is 57.7 Å². The predicted octanol–water partition coefficient (Wildman–Crippen LogP) is 1.81. The van der Waals surface area contributed by atoms with Crippen LogP contribution in [0.25, 0.3) is 0 Å². The van der Waals surface area contributed by atoms with Crippen molar-refractivity contribution in [2.45, 2.75) is 4.90 Å². The van der Waals surface area contributed by atoms with Crippen LogP contribution in [-0.2, 0) is 14.8 Å². The van der Waals surface area contributed by atoms with Crippen LogP contribution in [0, 0.1) is 0 Å². The molecule has 0 atom stereocenters. The lowest BCUT2D eigenvalue weighted by molar-refractivity contribution is -0.128. The van der Waals surface area contributed by atoms with Crippen LogP contribution in [-0.4, -0.2) is 51.2 Å². The van der Waals surface area contributed by atoms with Crippen molar-refractivity contribution in [1.82, 2.24) is 9.21 Å². The highest BCUT2D eigenvalue weighted by Gasteiger charge is 2.24. The standard InChI is InChI=1S/C11H14BrClN2O3S/c1-14(2)11(16)7-15(3)19(17,18)8-4-5-9(12)10(13)6-8/h4-6H,7H2,1-3H3. The molecule has 0 heterocycles. The van der Waals surface area contributed by atoms with Gasteiger partial charge in [-0.1, -0.05) is 11.6 Å². The van der Waals surface area contributed by atoms with Crippen LogP contribution in [0.15, 0.2) is 27.6 Å². The SMILES string of the molecule is CN(C)C(=O)CN(C)S(=O)(=O)c1ccc(Br)c(Cl)c1. The van der Waals surface area contributed by atoms with E-state index >= 15 is 0 Å². The Morgan fingerprint density at radius 1 is 1.32 bits per heavy atom. The zero-order valence-corrected chi connectivity index (χ0v) is 13.9. The minimum atomic E-state index is -3.73. The van der Waals surface area contributed by atoms with Gasteiger partial charge in [0.1, 0.15) is 0 Å². The van der Waals surface area contributed by atoms with Crippen molar-refractivity contribution in [3.63, 3.8) is 0 Å². The van der Waals surface area contributed by atoms with E-state index in [4.69, 9.17) is 11.6 Å². The molecule has 0 radical (unpaired) electrons. The van der Waals surface area contributed by atoms with Crippen molar-refractivity contribution >= 4 is 43.5 Å². The highest BCUT2D eigenvalue weighted by molar-refractivity contribution is 9.10. The summed E-state index contributed by atoms with van der Waals surface area (Å²) in [5, 5.41) is 0.299. The van der Waals surface area contributed by atoms with Gasteiger partial charge < -0.3 is 4.90 Å². The van der Waals surface area contributed by atoms with Gasteiger partial charge in [0.2, 0.25) is 15.9 Å². The molecule has 0 aromatic heterocycles. The molecule has 0 N–H and O–H groups in total. The monoisotopic (exact) mass is 368 g/mol. The van der Waals surface area contributed by atoms with E-state index in [0.717, 1.165) is 4.31 Å². The maximum atomic E-state index is 12.2. The molecule has 8 heteroatoms. The van der Waals surface area contributed by atoms with Crippen LogP contribution in [0.1, 0.15) is 0 Å². The van der Waals surface area contributed by atoms with Crippen molar-refractivity contribution in [2.75, 3.05) is 27.7 Å². The van der Waals surface area contributed by atoms with Gasteiger partial charge in [-0.15, -0.1) is 0 Å². The molecule has 0 aliphatic heterocycles. The molecule has 106 valence electrons. The third-order valence-electron chi connectivity index (χ3n) is 2.46. The van der Waals surface area contributed by atoms with Crippen LogP contribution < -0.4 is 0 Å². The number of rotatable bonds is 4. The van der Waals surface area contributed by atoms with Gasteiger partial charge in [0.05, 0.1) is 16.5 Å². The molecular formula is C11H14BrClN2O3S. The maximum Gasteiger partial charge on any atom is 0.243 e. The Kier molecular flexibility index (Phi) is 5.37. The van der Waals surface area contributed by atoms with Crippen molar-refractivity contribution in [3.8, 4) is 0 Å². The summed E-state index contributed by atoms with van der Waals surface area (Å²) in [6, 6.07) is 4.33. The van der Waals surface area contributed by atoms with Gasteiger partial charge in [0.15, 0.2) is 0 Å². The number of hydrogen-bond donors (Lipinski definition) is 0. The lowest BCUT2D eigenvalue weighted by Gasteiger charge is -2.19. The number of benzene rings is 1. The number of carbonyl (C=O) groups excluding carboxylic acids is 1. The minimum absolute atomic E-state index is 0.0507. The summed E-state index contributed by atoms with van der Waals surface area (Å²) in [4.78, 5) is 12.9. The summed E-state index contributed by atoms with van der Waals surface area (Å²) < 4.78 is 26.1. The van der Waals surface area contributed by atoms with Crippen molar-refractivity contribution in [3.05, 3.63) is 27.7 Å². The van der Waals surface area contributed by atoms with E-state index in [-0.39, 0.29) is 17.3 Å². The second kappa shape index (κ2) is 6.21. The summed E-state index contributed by atoms with van der Waals surface area (Å²) in [6.45, 7) is -0.219. The summed E-state index contributed by atoms with van der Waals surface area (Å²) >= 11 is 9.07. The molecule has 1 amide bonds. The first-order valence-corrected chi connectivity index (χ1v) is 7.89. The number of sulfonamides is 1. The van der Waals surface area contributed by atoms with Gasteiger partial charge in [0.25, 0.3) is 0 Å². The van der Waals surface area contributed by atoms with E-state index in [2.05, 4.69) is 15.9 Å². The Labute approximate surface area is 126 Å². The third-order valence-corrected chi connectivity index (χ3v) is 5.49. The number of nitrogens with zero attached hydrogens (tertiary/aromatic N) is 2. The molecule has 0 saturated carbocycles. The minimum Gasteiger partial charge on any atom is -0.348 e. The molecular weight excluding hydrogens is 356 g/mol. The number of likely N-dealkylation sites (N-methyl/N-ethyl adjacent to an activating group) is 2. The van der Waals surface area contributed by atoms with Crippen molar-refractivity contribution < 1.29 is 13.2 Å². The Morgan fingerprint density at radius 3 is 2.37 bits per heavy atom. The second-order valence-electron chi connectivity index (χ2n) is 4.13. The zero-order valence-electron chi connectivity index (χ0n) is 10.7. The fourth-order valence-corrected chi connectivity index (χ4v) is 2.87. The molecule has 0 fully saturated rings. The highest BCUT2D eigenvalue weighted by Crippen LogP contribution is 2.26. The molecule has 1 aromatic carbocycles. The lowest BCUT2D eigenvalue weighted by atomic mass is 10.4. The van der Waals surface area contributed by atoms with Gasteiger partial charge in [-0.05, 0) is 34.1 Å². The van der Waals surface area contributed by atoms with E-state index in [1.807, 2.05) is 0 Å².